The molecule has 0 amide bonds. The van der Waals surface area contributed by atoms with Crippen molar-refractivity contribution < 1.29 is 28.6 Å². The van der Waals surface area contributed by atoms with Crippen LogP contribution in [0.2, 0.25) is 0 Å². The number of esters is 3. The first-order valence-electron chi connectivity index (χ1n) is 27.9. The molecular weight excluding hydrogens is 817 g/mol. The average Bonchev–Trinajstić information content (AvgIpc) is 3.31. The summed E-state index contributed by atoms with van der Waals surface area (Å²) in [6.07, 6.45) is 69.1. The van der Waals surface area contributed by atoms with Gasteiger partial charge in [-0.2, -0.15) is 0 Å². The van der Waals surface area contributed by atoms with Gasteiger partial charge in [-0.25, -0.2) is 0 Å². The molecule has 0 radical (unpaired) electrons. The number of rotatable bonds is 50. The maximum absolute atomic E-state index is 12.8. The van der Waals surface area contributed by atoms with Gasteiger partial charge in [-0.1, -0.05) is 254 Å². The van der Waals surface area contributed by atoms with E-state index in [4.69, 9.17) is 14.2 Å². The molecule has 66 heavy (non-hydrogen) atoms. The maximum atomic E-state index is 12.8. The molecule has 0 rings (SSSR count). The van der Waals surface area contributed by atoms with Crippen molar-refractivity contribution in [2.24, 2.45) is 0 Å². The lowest BCUT2D eigenvalue weighted by Crippen LogP contribution is -2.30. The number of carbonyl (C=O) groups excluding carboxylic acids is 3. The van der Waals surface area contributed by atoms with E-state index < -0.39 is 6.10 Å². The van der Waals surface area contributed by atoms with Crippen molar-refractivity contribution in [1.29, 1.82) is 0 Å². The highest BCUT2D eigenvalue weighted by Crippen LogP contribution is 2.16. The van der Waals surface area contributed by atoms with Crippen LogP contribution in [0.4, 0.5) is 0 Å². The fourth-order valence-electron chi connectivity index (χ4n) is 7.80. The molecule has 6 nitrogen and oxygen atoms in total. The van der Waals surface area contributed by atoms with Crippen LogP contribution in [0.1, 0.15) is 271 Å². The van der Waals surface area contributed by atoms with E-state index in [1.165, 1.54) is 128 Å². The minimum atomic E-state index is -0.773. The molecule has 0 spiro atoms. The molecule has 0 aromatic rings. The van der Waals surface area contributed by atoms with E-state index in [9.17, 15) is 14.4 Å². The van der Waals surface area contributed by atoms with E-state index in [1.54, 1.807) is 0 Å². The van der Waals surface area contributed by atoms with Gasteiger partial charge in [0.1, 0.15) is 13.2 Å². The molecule has 1 unspecified atom stereocenters. The Bertz CT molecular complexity index is 1240. The summed E-state index contributed by atoms with van der Waals surface area (Å²) in [5, 5.41) is 0. The highest BCUT2D eigenvalue weighted by molar-refractivity contribution is 5.71. The molecule has 0 N–H and O–H groups in total. The van der Waals surface area contributed by atoms with Crippen molar-refractivity contribution in [2.45, 2.75) is 277 Å². The molecule has 6 heteroatoms. The van der Waals surface area contributed by atoms with Gasteiger partial charge in [0.15, 0.2) is 6.10 Å². The first kappa shape index (κ1) is 62.8. The molecule has 0 fully saturated rings. The standard InChI is InChI=1S/C60H104O6/c1-4-7-10-13-16-18-20-22-24-25-26-27-28-29-30-31-32-33-34-35-36-38-39-41-44-47-50-53-59(62)65-56-57(55-64-58(61)52-49-46-43-15-12-9-6-3)66-60(63)54-51-48-45-42-40-37-23-21-19-17-14-11-8-5-2/h7,10,16,18,22,24,26-27,29-30,32-33,57H,4-6,8-9,11-15,17,19-21,23,25,28,31,34-56H2,1-3H3/b10-7-,18-16-,24-22-,27-26-,30-29-,33-32-. The second-order valence-electron chi connectivity index (χ2n) is 18.5. The molecule has 0 bridgehead atoms. The second-order valence-corrected chi connectivity index (χ2v) is 18.5. The topological polar surface area (TPSA) is 78.9 Å². The number of carbonyl (C=O) groups is 3. The summed E-state index contributed by atoms with van der Waals surface area (Å²) in [5.41, 5.74) is 0. The van der Waals surface area contributed by atoms with E-state index >= 15 is 0 Å². The predicted molar refractivity (Wildman–Crippen MR) is 284 cm³/mol. The summed E-state index contributed by atoms with van der Waals surface area (Å²) in [6.45, 7) is 6.49. The van der Waals surface area contributed by atoms with Crippen LogP contribution >= 0.6 is 0 Å². The third-order valence-corrected chi connectivity index (χ3v) is 12.0. The first-order chi connectivity index (χ1) is 32.5. The maximum Gasteiger partial charge on any atom is 0.306 e. The van der Waals surface area contributed by atoms with E-state index in [0.717, 1.165) is 103 Å². The van der Waals surface area contributed by atoms with Crippen LogP contribution in [0.3, 0.4) is 0 Å². The number of ether oxygens (including phenoxy) is 3. The molecule has 1 atom stereocenters. The summed E-state index contributed by atoms with van der Waals surface area (Å²) in [7, 11) is 0. The van der Waals surface area contributed by atoms with E-state index in [2.05, 4.69) is 93.7 Å². The second kappa shape index (κ2) is 54.5. The van der Waals surface area contributed by atoms with Crippen LogP contribution in [0.5, 0.6) is 0 Å². The molecule has 0 aromatic carbocycles. The zero-order valence-electron chi connectivity index (χ0n) is 43.4. The largest absolute Gasteiger partial charge is 0.462 e. The number of unbranched alkanes of at least 4 members (excludes halogenated alkanes) is 27. The number of allylic oxidation sites excluding steroid dienone is 12. The van der Waals surface area contributed by atoms with Crippen LogP contribution in [-0.2, 0) is 28.6 Å². The van der Waals surface area contributed by atoms with Gasteiger partial charge in [0.25, 0.3) is 0 Å². The fraction of sp³-hybridized carbons (Fsp3) is 0.750. The van der Waals surface area contributed by atoms with Gasteiger partial charge in [-0.05, 0) is 70.6 Å². The SMILES string of the molecule is CC/C=C\C/C=C\C/C=C\C/C=C\C/C=C\C/C=C\CCCCCCCCCCC(=O)OCC(COC(=O)CCCCCCCCC)OC(=O)CCCCCCCCCCCCCCCC. The minimum Gasteiger partial charge on any atom is -0.462 e. The molecule has 0 aliphatic rings. The van der Waals surface area contributed by atoms with Crippen LogP contribution in [-0.4, -0.2) is 37.2 Å². The van der Waals surface area contributed by atoms with Crippen molar-refractivity contribution in [3.63, 3.8) is 0 Å². The minimum absolute atomic E-state index is 0.0749. The Kier molecular flexibility index (Phi) is 51.9. The van der Waals surface area contributed by atoms with Crippen LogP contribution in [0.25, 0.3) is 0 Å². The van der Waals surface area contributed by atoms with Crippen molar-refractivity contribution >= 4 is 17.9 Å². The van der Waals surface area contributed by atoms with Gasteiger partial charge >= 0.3 is 17.9 Å². The molecule has 0 saturated carbocycles. The molecule has 0 heterocycles. The van der Waals surface area contributed by atoms with Crippen molar-refractivity contribution in [1.82, 2.24) is 0 Å². The average molecular weight is 921 g/mol. The molecule has 0 aliphatic heterocycles. The molecule has 0 saturated heterocycles. The Morgan fingerprint density at radius 2 is 0.591 bits per heavy atom. The highest BCUT2D eigenvalue weighted by atomic mass is 16.6. The molecular formula is C60H104O6. The van der Waals surface area contributed by atoms with Gasteiger partial charge in [0.05, 0.1) is 0 Å². The van der Waals surface area contributed by atoms with E-state index in [-0.39, 0.29) is 31.1 Å². The number of hydrogen-bond donors (Lipinski definition) is 0. The van der Waals surface area contributed by atoms with E-state index in [0.29, 0.717) is 19.3 Å². The summed E-state index contributed by atoms with van der Waals surface area (Å²) >= 11 is 0. The summed E-state index contributed by atoms with van der Waals surface area (Å²) in [6, 6.07) is 0. The zero-order chi connectivity index (χ0) is 47.9. The van der Waals surface area contributed by atoms with Crippen LogP contribution in [0.15, 0.2) is 72.9 Å². The lowest BCUT2D eigenvalue weighted by Gasteiger charge is -2.18. The van der Waals surface area contributed by atoms with Gasteiger partial charge in [0, 0.05) is 19.3 Å². The predicted octanol–water partition coefficient (Wildman–Crippen LogP) is 18.6. The van der Waals surface area contributed by atoms with E-state index in [1.807, 2.05) is 0 Å². The normalized spacial score (nSPS) is 12.6. The van der Waals surface area contributed by atoms with Gasteiger partial charge < -0.3 is 14.2 Å². The number of hydrogen-bond acceptors (Lipinski definition) is 6. The summed E-state index contributed by atoms with van der Waals surface area (Å²) in [4.78, 5) is 37.9. The Morgan fingerprint density at radius 3 is 0.924 bits per heavy atom. The third-order valence-electron chi connectivity index (χ3n) is 12.0. The van der Waals surface area contributed by atoms with Crippen molar-refractivity contribution in [3.05, 3.63) is 72.9 Å². The Morgan fingerprint density at radius 1 is 0.318 bits per heavy atom. The monoisotopic (exact) mass is 921 g/mol. The molecule has 0 aliphatic carbocycles. The van der Waals surface area contributed by atoms with Gasteiger partial charge in [-0.15, -0.1) is 0 Å². The Labute approximate surface area is 408 Å². The van der Waals surface area contributed by atoms with Crippen molar-refractivity contribution in [3.8, 4) is 0 Å². The highest BCUT2D eigenvalue weighted by Gasteiger charge is 2.19. The molecule has 380 valence electrons. The van der Waals surface area contributed by atoms with Gasteiger partial charge in [-0.3, -0.25) is 14.4 Å². The lowest BCUT2D eigenvalue weighted by molar-refractivity contribution is -0.167. The Hall–Kier alpha value is -3.15. The van der Waals surface area contributed by atoms with Crippen molar-refractivity contribution in [2.75, 3.05) is 13.2 Å². The smallest absolute Gasteiger partial charge is 0.306 e. The Balaban J connectivity index is 4.17. The lowest BCUT2D eigenvalue weighted by atomic mass is 10.0. The zero-order valence-corrected chi connectivity index (χ0v) is 43.4. The quantitative estimate of drug-likeness (QED) is 0.0262. The van der Waals surface area contributed by atoms with Crippen LogP contribution in [0, 0.1) is 0 Å². The summed E-state index contributed by atoms with van der Waals surface area (Å²) < 4.78 is 16.8. The first-order valence-corrected chi connectivity index (χ1v) is 27.9. The fourth-order valence-corrected chi connectivity index (χ4v) is 7.80. The van der Waals surface area contributed by atoms with Crippen LogP contribution < -0.4 is 0 Å². The summed E-state index contributed by atoms with van der Waals surface area (Å²) in [5.74, 6) is -0.883. The van der Waals surface area contributed by atoms with Gasteiger partial charge in [0.2, 0.25) is 0 Å². The molecule has 0 aromatic heterocycles. The third kappa shape index (κ3) is 51.8.